The van der Waals surface area contributed by atoms with Crippen LogP contribution in [0.4, 0.5) is 0 Å². The fraction of sp³-hybridized carbons (Fsp3) is 0.615. The first kappa shape index (κ1) is 16.7. The largest absolute Gasteiger partial charge is 0.473 e. The molecule has 0 aromatic rings. The van der Waals surface area contributed by atoms with Crippen molar-refractivity contribution in [3.8, 4) is 0 Å². The molecule has 5 heteroatoms. The monoisotopic (exact) mass is 258 g/mol. The lowest BCUT2D eigenvalue weighted by Crippen LogP contribution is -2.34. The van der Waals surface area contributed by atoms with Crippen molar-refractivity contribution in [1.29, 1.82) is 0 Å². The van der Waals surface area contributed by atoms with Crippen LogP contribution in [0.2, 0.25) is 0 Å². The molecule has 0 aliphatic rings. The minimum atomic E-state index is -0.835. The molecule has 0 bridgehead atoms. The fourth-order valence-electron chi connectivity index (χ4n) is 1.14. The zero-order chi connectivity index (χ0) is 14.2. The van der Waals surface area contributed by atoms with E-state index in [0.29, 0.717) is 5.57 Å². The van der Waals surface area contributed by atoms with E-state index in [9.17, 15) is 4.79 Å². The highest BCUT2D eigenvalue weighted by Crippen LogP contribution is 2.14. The molecule has 0 spiro atoms. The molecule has 0 aliphatic heterocycles. The van der Waals surface area contributed by atoms with Gasteiger partial charge in [0.1, 0.15) is 6.61 Å². The molecule has 1 unspecified atom stereocenters. The van der Waals surface area contributed by atoms with E-state index in [1.165, 1.54) is 6.26 Å². The van der Waals surface area contributed by atoms with E-state index in [2.05, 4.69) is 13.2 Å². The summed E-state index contributed by atoms with van der Waals surface area (Å²) in [6, 6.07) is 0. The molecule has 0 fully saturated rings. The van der Waals surface area contributed by atoms with Crippen molar-refractivity contribution < 1.29 is 23.7 Å². The van der Waals surface area contributed by atoms with Gasteiger partial charge in [-0.2, -0.15) is 0 Å². The molecule has 0 rings (SSSR count). The van der Waals surface area contributed by atoms with Gasteiger partial charge in [-0.15, -0.1) is 0 Å². The van der Waals surface area contributed by atoms with Gasteiger partial charge in [0, 0.05) is 5.57 Å². The Morgan fingerprint density at radius 1 is 1.39 bits per heavy atom. The lowest BCUT2D eigenvalue weighted by Gasteiger charge is -2.28. The van der Waals surface area contributed by atoms with Crippen molar-refractivity contribution in [3.63, 3.8) is 0 Å². The van der Waals surface area contributed by atoms with E-state index in [1.54, 1.807) is 27.7 Å². The maximum Gasteiger partial charge on any atom is 0.333 e. The third-order valence-electron chi connectivity index (χ3n) is 1.85. The Balaban J connectivity index is 3.86. The Hall–Kier alpha value is -1.33. The van der Waals surface area contributed by atoms with Gasteiger partial charge in [-0.3, -0.25) is 0 Å². The van der Waals surface area contributed by atoms with Crippen LogP contribution in [-0.4, -0.2) is 31.3 Å². The molecule has 0 saturated carbocycles. The van der Waals surface area contributed by atoms with Crippen LogP contribution in [-0.2, 0) is 23.7 Å². The highest BCUT2D eigenvalue weighted by atomic mass is 16.8. The minimum absolute atomic E-state index is 0.148. The molecule has 0 aliphatic carbocycles. The van der Waals surface area contributed by atoms with Crippen molar-refractivity contribution in [1.82, 2.24) is 0 Å². The molecule has 0 saturated heterocycles. The number of hydrogen-bond donors (Lipinski definition) is 0. The van der Waals surface area contributed by atoms with Gasteiger partial charge >= 0.3 is 5.97 Å². The van der Waals surface area contributed by atoms with E-state index in [4.69, 9.17) is 18.9 Å². The second-order valence-corrected chi connectivity index (χ2v) is 4.15. The third-order valence-corrected chi connectivity index (χ3v) is 1.85. The van der Waals surface area contributed by atoms with Gasteiger partial charge in [0.15, 0.2) is 12.1 Å². The summed E-state index contributed by atoms with van der Waals surface area (Å²) in [5.41, 5.74) is 0.360. The summed E-state index contributed by atoms with van der Waals surface area (Å²) in [4.78, 5) is 11.1. The maximum atomic E-state index is 11.1. The molecular formula is C13H22O5. The Kier molecular flexibility index (Phi) is 7.31. The summed E-state index contributed by atoms with van der Waals surface area (Å²) >= 11 is 0. The van der Waals surface area contributed by atoms with Crippen LogP contribution in [0.5, 0.6) is 0 Å². The summed E-state index contributed by atoms with van der Waals surface area (Å²) in [6.07, 6.45) is 0.838. The Labute approximate surface area is 108 Å². The van der Waals surface area contributed by atoms with Gasteiger partial charge in [0.2, 0.25) is 0 Å². The van der Waals surface area contributed by atoms with Crippen LogP contribution in [0, 0.1) is 0 Å². The Morgan fingerprint density at radius 2 is 2.00 bits per heavy atom. The fourth-order valence-corrected chi connectivity index (χ4v) is 1.14. The smallest absolute Gasteiger partial charge is 0.333 e. The predicted molar refractivity (Wildman–Crippen MR) is 67.6 cm³/mol. The van der Waals surface area contributed by atoms with E-state index < -0.39 is 18.0 Å². The van der Waals surface area contributed by atoms with Crippen LogP contribution < -0.4 is 0 Å². The normalized spacial score (nSPS) is 12.7. The number of hydrogen-bond acceptors (Lipinski definition) is 5. The SMILES string of the molecule is C=COC(C)OC(C)(C)OCCOC(=O)C(=C)C. The van der Waals surface area contributed by atoms with Crippen LogP contribution in [0.3, 0.4) is 0 Å². The first-order valence-electron chi connectivity index (χ1n) is 5.69. The number of rotatable bonds is 9. The predicted octanol–water partition coefficient (Wildman–Crippen LogP) is 2.38. The summed E-state index contributed by atoms with van der Waals surface area (Å²) in [6.45, 7) is 14.1. The third kappa shape index (κ3) is 7.86. The summed E-state index contributed by atoms with van der Waals surface area (Å²) < 4.78 is 20.8. The summed E-state index contributed by atoms with van der Waals surface area (Å²) in [5, 5.41) is 0. The topological polar surface area (TPSA) is 54.0 Å². The molecule has 0 amide bonds. The molecule has 1 atom stereocenters. The van der Waals surface area contributed by atoms with Crippen molar-refractivity contribution in [2.24, 2.45) is 0 Å². The van der Waals surface area contributed by atoms with E-state index in [0.717, 1.165) is 0 Å². The van der Waals surface area contributed by atoms with Crippen molar-refractivity contribution >= 4 is 5.97 Å². The first-order chi connectivity index (χ1) is 8.28. The average molecular weight is 258 g/mol. The van der Waals surface area contributed by atoms with Crippen molar-refractivity contribution in [2.45, 2.75) is 39.8 Å². The van der Waals surface area contributed by atoms with Gasteiger partial charge in [0.25, 0.3) is 0 Å². The first-order valence-corrected chi connectivity index (χ1v) is 5.69. The summed E-state index contributed by atoms with van der Waals surface area (Å²) in [5.74, 6) is -1.27. The van der Waals surface area contributed by atoms with Crippen molar-refractivity contribution in [2.75, 3.05) is 13.2 Å². The van der Waals surface area contributed by atoms with E-state index in [1.807, 2.05) is 0 Å². The van der Waals surface area contributed by atoms with Crippen LogP contribution >= 0.6 is 0 Å². The molecule has 5 nitrogen and oxygen atoms in total. The van der Waals surface area contributed by atoms with Gasteiger partial charge in [-0.05, 0) is 27.7 Å². The lowest BCUT2D eigenvalue weighted by atomic mass is 10.4. The van der Waals surface area contributed by atoms with Crippen LogP contribution in [0.1, 0.15) is 27.7 Å². The second kappa shape index (κ2) is 7.89. The second-order valence-electron chi connectivity index (χ2n) is 4.15. The molecule has 0 N–H and O–H groups in total. The van der Waals surface area contributed by atoms with Gasteiger partial charge in [-0.25, -0.2) is 4.79 Å². The molecule has 104 valence electrons. The Morgan fingerprint density at radius 3 is 2.50 bits per heavy atom. The van der Waals surface area contributed by atoms with Gasteiger partial charge in [0.05, 0.1) is 12.9 Å². The zero-order valence-corrected chi connectivity index (χ0v) is 11.5. The van der Waals surface area contributed by atoms with Gasteiger partial charge in [-0.1, -0.05) is 13.2 Å². The maximum absolute atomic E-state index is 11.1. The van der Waals surface area contributed by atoms with Crippen LogP contribution in [0.25, 0.3) is 0 Å². The van der Waals surface area contributed by atoms with Crippen molar-refractivity contribution in [3.05, 3.63) is 25.0 Å². The average Bonchev–Trinajstić information content (AvgIpc) is 2.23. The number of carbonyl (C=O) groups is 1. The lowest BCUT2D eigenvalue weighted by molar-refractivity contribution is -0.279. The molecular weight excluding hydrogens is 236 g/mol. The molecule has 0 aromatic carbocycles. The number of ether oxygens (including phenoxy) is 4. The number of carbonyl (C=O) groups excluding carboxylic acids is 1. The Bertz CT molecular complexity index is 296. The van der Waals surface area contributed by atoms with E-state index >= 15 is 0 Å². The standard InChI is InChI=1S/C13H22O5/c1-7-15-11(4)18-13(5,6)17-9-8-16-12(14)10(2)3/h7,11H,1-2,8-9H2,3-6H3. The highest BCUT2D eigenvalue weighted by molar-refractivity contribution is 5.86. The molecule has 0 radical (unpaired) electrons. The highest BCUT2D eigenvalue weighted by Gasteiger charge is 2.22. The summed E-state index contributed by atoms with van der Waals surface area (Å²) in [7, 11) is 0. The van der Waals surface area contributed by atoms with E-state index in [-0.39, 0.29) is 13.2 Å². The number of esters is 1. The molecule has 0 aromatic heterocycles. The zero-order valence-electron chi connectivity index (χ0n) is 11.5. The van der Waals surface area contributed by atoms with Gasteiger partial charge < -0.3 is 18.9 Å². The quantitative estimate of drug-likeness (QED) is 0.209. The molecule has 0 heterocycles. The molecule has 18 heavy (non-hydrogen) atoms. The van der Waals surface area contributed by atoms with Crippen LogP contribution in [0.15, 0.2) is 25.0 Å². The minimum Gasteiger partial charge on any atom is -0.473 e.